The van der Waals surface area contributed by atoms with Crippen LogP contribution in [0.5, 0.6) is 5.75 Å². The molecule has 3 rings (SSSR count). The summed E-state index contributed by atoms with van der Waals surface area (Å²) in [5, 5.41) is 5.65. The van der Waals surface area contributed by atoms with Crippen LogP contribution in [-0.2, 0) is 9.53 Å². The van der Waals surface area contributed by atoms with E-state index in [1.165, 1.54) is 30.3 Å². The number of amides is 1. The van der Waals surface area contributed by atoms with E-state index in [2.05, 4.69) is 10.6 Å². The summed E-state index contributed by atoms with van der Waals surface area (Å²) in [5.41, 5.74) is 0.640. The first kappa shape index (κ1) is 20.4. The molecule has 150 valence electrons. The van der Waals surface area contributed by atoms with Crippen molar-refractivity contribution in [2.75, 3.05) is 23.8 Å². The molecule has 0 radical (unpaired) electrons. The highest BCUT2D eigenvalue weighted by Gasteiger charge is 2.19. The van der Waals surface area contributed by atoms with Gasteiger partial charge in [-0.3, -0.25) is 4.79 Å². The number of anilines is 2. The molecular formula is C20H21ClF2N2O3. The van der Waals surface area contributed by atoms with Crippen LogP contribution in [0.25, 0.3) is 0 Å². The van der Waals surface area contributed by atoms with E-state index < -0.39 is 23.6 Å². The molecule has 1 fully saturated rings. The van der Waals surface area contributed by atoms with Gasteiger partial charge in [-0.05, 0) is 50.1 Å². The fourth-order valence-corrected chi connectivity index (χ4v) is 3.04. The molecule has 8 heteroatoms. The molecule has 28 heavy (non-hydrogen) atoms. The smallest absolute Gasteiger partial charge is 0.246 e. The molecular weight excluding hydrogens is 390 g/mol. The van der Waals surface area contributed by atoms with Crippen molar-refractivity contribution < 1.29 is 23.0 Å². The van der Waals surface area contributed by atoms with Crippen LogP contribution in [0.15, 0.2) is 36.4 Å². The third kappa shape index (κ3) is 5.33. The van der Waals surface area contributed by atoms with Gasteiger partial charge in [-0.2, -0.15) is 0 Å². The Hall–Kier alpha value is -2.38. The lowest BCUT2D eigenvalue weighted by Gasteiger charge is -2.19. The lowest BCUT2D eigenvalue weighted by Crippen LogP contribution is -2.32. The summed E-state index contributed by atoms with van der Waals surface area (Å²) in [6.07, 6.45) is 1.92. The van der Waals surface area contributed by atoms with E-state index >= 15 is 0 Å². The van der Waals surface area contributed by atoms with E-state index in [1.54, 1.807) is 6.92 Å². The maximum Gasteiger partial charge on any atom is 0.246 e. The zero-order valence-corrected chi connectivity index (χ0v) is 16.1. The molecule has 2 unspecified atom stereocenters. The van der Waals surface area contributed by atoms with Gasteiger partial charge in [0, 0.05) is 12.7 Å². The van der Waals surface area contributed by atoms with Crippen LogP contribution < -0.4 is 15.4 Å². The predicted molar refractivity (Wildman–Crippen MR) is 104 cm³/mol. The van der Waals surface area contributed by atoms with Crippen LogP contribution in [0.4, 0.5) is 20.2 Å². The number of ether oxygens (including phenoxy) is 2. The zero-order chi connectivity index (χ0) is 20.1. The summed E-state index contributed by atoms with van der Waals surface area (Å²) >= 11 is 5.93. The molecule has 1 heterocycles. The molecule has 2 atom stereocenters. The first-order valence-corrected chi connectivity index (χ1v) is 9.36. The Morgan fingerprint density at radius 2 is 2.00 bits per heavy atom. The van der Waals surface area contributed by atoms with Gasteiger partial charge in [0.05, 0.1) is 22.5 Å². The molecule has 0 aliphatic carbocycles. The Morgan fingerprint density at radius 1 is 1.25 bits per heavy atom. The van der Waals surface area contributed by atoms with Crippen LogP contribution in [0, 0.1) is 11.6 Å². The monoisotopic (exact) mass is 410 g/mol. The highest BCUT2D eigenvalue weighted by Crippen LogP contribution is 2.28. The summed E-state index contributed by atoms with van der Waals surface area (Å²) in [4.78, 5) is 12.4. The zero-order valence-electron chi connectivity index (χ0n) is 15.3. The molecule has 5 nitrogen and oxygen atoms in total. The van der Waals surface area contributed by atoms with Gasteiger partial charge in [0.1, 0.15) is 30.0 Å². The lowest BCUT2D eigenvalue weighted by molar-refractivity contribution is -0.116. The van der Waals surface area contributed by atoms with Gasteiger partial charge in [-0.1, -0.05) is 11.6 Å². The Labute approximate surface area is 167 Å². The van der Waals surface area contributed by atoms with Crippen LogP contribution in [-0.4, -0.2) is 31.3 Å². The van der Waals surface area contributed by atoms with Gasteiger partial charge in [-0.25, -0.2) is 8.78 Å². The Balaban J connectivity index is 1.65. The fourth-order valence-electron chi connectivity index (χ4n) is 2.83. The van der Waals surface area contributed by atoms with Crippen molar-refractivity contribution in [1.82, 2.24) is 0 Å². The van der Waals surface area contributed by atoms with Gasteiger partial charge in [0.2, 0.25) is 5.91 Å². The molecule has 1 aliphatic heterocycles. The molecule has 2 aromatic rings. The summed E-state index contributed by atoms with van der Waals surface area (Å²) in [7, 11) is 0. The van der Waals surface area contributed by atoms with Crippen molar-refractivity contribution in [1.29, 1.82) is 0 Å². The largest absolute Gasteiger partial charge is 0.489 e. The normalized spacial score (nSPS) is 17.2. The topological polar surface area (TPSA) is 59.6 Å². The molecule has 2 aromatic carbocycles. The molecule has 0 spiro atoms. The minimum atomic E-state index is -0.729. The number of carbonyl (C=O) groups is 1. The van der Waals surface area contributed by atoms with Gasteiger partial charge in [-0.15, -0.1) is 0 Å². The SMILES string of the molecule is CC(Nc1cc(F)ccc1OCC1CCCO1)C(=O)Nc1ccc(F)cc1Cl. The number of hydrogen-bond acceptors (Lipinski definition) is 4. The number of halogens is 3. The Kier molecular flexibility index (Phi) is 6.70. The van der Waals surface area contributed by atoms with Crippen molar-refractivity contribution in [3.8, 4) is 5.75 Å². The first-order valence-electron chi connectivity index (χ1n) is 8.99. The van der Waals surface area contributed by atoms with E-state index in [9.17, 15) is 13.6 Å². The van der Waals surface area contributed by atoms with E-state index in [0.29, 0.717) is 24.7 Å². The molecule has 1 aliphatic rings. The number of rotatable bonds is 7. The van der Waals surface area contributed by atoms with Crippen molar-refractivity contribution in [2.45, 2.75) is 31.9 Å². The van der Waals surface area contributed by atoms with Crippen molar-refractivity contribution in [2.24, 2.45) is 0 Å². The second kappa shape index (κ2) is 9.21. The van der Waals surface area contributed by atoms with Crippen LogP contribution in [0.3, 0.4) is 0 Å². The first-order chi connectivity index (χ1) is 13.4. The Bertz CT molecular complexity index is 844. The van der Waals surface area contributed by atoms with E-state index in [4.69, 9.17) is 21.1 Å². The minimum Gasteiger partial charge on any atom is -0.489 e. The van der Waals surface area contributed by atoms with Gasteiger partial charge < -0.3 is 20.1 Å². The Morgan fingerprint density at radius 3 is 2.71 bits per heavy atom. The molecule has 2 N–H and O–H groups in total. The van der Waals surface area contributed by atoms with E-state index in [-0.39, 0.29) is 16.8 Å². The van der Waals surface area contributed by atoms with Gasteiger partial charge in [0.25, 0.3) is 0 Å². The van der Waals surface area contributed by atoms with Crippen molar-refractivity contribution in [3.63, 3.8) is 0 Å². The minimum absolute atomic E-state index is 0.0132. The second-order valence-corrected chi connectivity index (χ2v) is 6.97. The maximum atomic E-state index is 13.7. The third-order valence-corrected chi connectivity index (χ3v) is 4.66. The number of hydrogen-bond donors (Lipinski definition) is 2. The highest BCUT2D eigenvalue weighted by molar-refractivity contribution is 6.33. The lowest BCUT2D eigenvalue weighted by atomic mass is 10.2. The fraction of sp³-hybridized carbons (Fsp3) is 0.350. The summed E-state index contributed by atoms with van der Waals surface area (Å²) in [5.74, 6) is -0.942. The average Bonchev–Trinajstić information content (AvgIpc) is 3.17. The molecule has 1 amide bonds. The molecule has 0 bridgehead atoms. The summed E-state index contributed by atoms with van der Waals surface area (Å²) < 4.78 is 38.1. The molecule has 0 aromatic heterocycles. The number of benzene rings is 2. The van der Waals surface area contributed by atoms with Crippen molar-refractivity contribution >= 4 is 28.9 Å². The quantitative estimate of drug-likeness (QED) is 0.699. The van der Waals surface area contributed by atoms with Gasteiger partial charge >= 0.3 is 0 Å². The number of nitrogens with one attached hydrogen (secondary N) is 2. The number of carbonyl (C=O) groups excluding carboxylic acids is 1. The van der Waals surface area contributed by atoms with Crippen LogP contribution >= 0.6 is 11.6 Å². The predicted octanol–water partition coefficient (Wildman–Crippen LogP) is 4.62. The van der Waals surface area contributed by atoms with E-state index in [1.807, 2.05) is 0 Å². The second-order valence-electron chi connectivity index (χ2n) is 6.57. The average molecular weight is 411 g/mol. The highest BCUT2D eigenvalue weighted by atomic mass is 35.5. The molecule has 1 saturated heterocycles. The van der Waals surface area contributed by atoms with Crippen molar-refractivity contribution in [3.05, 3.63) is 53.1 Å². The molecule has 0 saturated carbocycles. The summed E-state index contributed by atoms with van der Waals surface area (Å²) in [6, 6.07) is 7.02. The van der Waals surface area contributed by atoms with Gasteiger partial charge in [0.15, 0.2) is 0 Å². The third-order valence-electron chi connectivity index (χ3n) is 4.34. The van der Waals surface area contributed by atoms with E-state index in [0.717, 1.165) is 18.9 Å². The van der Waals surface area contributed by atoms with Crippen LogP contribution in [0.1, 0.15) is 19.8 Å². The maximum absolute atomic E-state index is 13.7. The summed E-state index contributed by atoms with van der Waals surface area (Å²) in [6.45, 7) is 2.68. The standard InChI is InChI=1S/C20H21ClF2N2O3/c1-12(20(26)25-17-6-4-13(22)9-16(17)21)24-18-10-14(23)5-7-19(18)28-11-15-3-2-8-27-15/h4-7,9-10,12,15,24H,2-3,8,11H2,1H3,(H,25,26). The van der Waals surface area contributed by atoms with Crippen LogP contribution in [0.2, 0.25) is 5.02 Å².